The van der Waals surface area contributed by atoms with Crippen molar-refractivity contribution in [3.8, 4) is 5.75 Å². The van der Waals surface area contributed by atoms with E-state index in [1.165, 1.54) is 49.6 Å². The van der Waals surface area contributed by atoms with Gasteiger partial charge in [0, 0.05) is 18.6 Å². The van der Waals surface area contributed by atoms with Gasteiger partial charge in [-0.15, -0.1) is 0 Å². The number of nitro groups is 1. The van der Waals surface area contributed by atoms with Gasteiger partial charge in [-0.25, -0.2) is 13.4 Å². The molecule has 0 fully saturated rings. The number of rotatable bonds is 7. The summed E-state index contributed by atoms with van der Waals surface area (Å²) in [7, 11) is -2.14. The molecular formula is C17H15N3O6S2. The normalized spacial score (nSPS) is 11.3. The molecule has 3 aromatic rings. The van der Waals surface area contributed by atoms with E-state index in [4.69, 9.17) is 4.74 Å². The standard InChI is InChI=1S/C17H15N3O6S2/c1-26-12-3-5-13(6-4-12)28(24,25)9-8-16(21)19-17-18-14-7-2-11(20(22)23)10-15(14)27-17/h2-7,10H,8-9H2,1H3,(H,18,19,21). The number of ether oxygens (including phenoxy) is 1. The number of nitrogens with zero attached hydrogens (tertiary/aromatic N) is 2. The fourth-order valence-electron chi connectivity index (χ4n) is 2.39. The van der Waals surface area contributed by atoms with E-state index >= 15 is 0 Å². The Morgan fingerprint density at radius 2 is 1.96 bits per heavy atom. The van der Waals surface area contributed by atoms with Gasteiger partial charge in [-0.05, 0) is 30.3 Å². The van der Waals surface area contributed by atoms with Crippen molar-refractivity contribution in [3.05, 3.63) is 52.6 Å². The molecule has 146 valence electrons. The van der Waals surface area contributed by atoms with Gasteiger partial charge in [-0.3, -0.25) is 14.9 Å². The van der Waals surface area contributed by atoms with E-state index in [0.717, 1.165) is 11.3 Å². The van der Waals surface area contributed by atoms with Crippen LogP contribution in [0.5, 0.6) is 5.75 Å². The van der Waals surface area contributed by atoms with Crippen LogP contribution in [0.2, 0.25) is 0 Å². The summed E-state index contributed by atoms with van der Waals surface area (Å²) >= 11 is 1.08. The van der Waals surface area contributed by atoms with Gasteiger partial charge in [-0.1, -0.05) is 11.3 Å². The molecule has 0 bridgehead atoms. The van der Waals surface area contributed by atoms with Gasteiger partial charge in [0.25, 0.3) is 5.69 Å². The molecule has 0 radical (unpaired) electrons. The number of anilines is 1. The Labute approximate surface area is 164 Å². The first-order chi connectivity index (χ1) is 13.3. The van der Waals surface area contributed by atoms with Gasteiger partial charge in [0.15, 0.2) is 15.0 Å². The van der Waals surface area contributed by atoms with Crippen molar-refractivity contribution in [2.24, 2.45) is 0 Å². The molecule has 0 saturated carbocycles. The van der Waals surface area contributed by atoms with E-state index < -0.39 is 20.7 Å². The quantitative estimate of drug-likeness (QED) is 0.458. The monoisotopic (exact) mass is 421 g/mol. The lowest BCUT2D eigenvalue weighted by atomic mass is 10.3. The lowest BCUT2D eigenvalue weighted by molar-refractivity contribution is -0.384. The minimum Gasteiger partial charge on any atom is -0.497 e. The fourth-order valence-corrected chi connectivity index (χ4v) is 4.55. The zero-order chi connectivity index (χ0) is 20.3. The van der Waals surface area contributed by atoms with Gasteiger partial charge in [-0.2, -0.15) is 0 Å². The third-order valence-electron chi connectivity index (χ3n) is 3.85. The maximum absolute atomic E-state index is 12.3. The zero-order valence-electron chi connectivity index (χ0n) is 14.6. The average Bonchev–Trinajstić information content (AvgIpc) is 3.07. The summed E-state index contributed by atoms with van der Waals surface area (Å²) in [5.74, 6) is -0.333. The van der Waals surface area contributed by atoms with Gasteiger partial charge in [0.05, 0.1) is 32.9 Å². The van der Waals surface area contributed by atoms with Gasteiger partial charge >= 0.3 is 0 Å². The number of carbonyl (C=O) groups is 1. The number of hydrogen-bond donors (Lipinski definition) is 1. The number of non-ortho nitro benzene ring substituents is 1. The van der Waals surface area contributed by atoms with Gasteiger partial charge in [0.2, 0.25) is 5.91 Å². The number of hydrogen-bond acceptors (Lipinski definition) is 8. The topological polar surface area (TPSA) is 128 Å². The summed E-state index contributed by atoms with van der Waals surface area (Å²) < 4.78 is 30.2. The predicted octanol–water partition coefficient (Wildman–Crippen LogP) is 3.02. The Hall–Kier alpha value is -3.05. The molecule has 2 aromatic carbocycles. The van der Waals surface area contributed by atoms with Gasteiger partial charge < -0.3 is 10.1 Å². The van der Waals surface area contributed by atoms with E-state index in [9.17, 15) is 23.3 Å². The molecule has 11 heteroatoms. The highest BCUT2D eigenvalue weighted by Crippen LogP contribution is 2.29. The van der Waals surface area contributed by atoms with Crippen LogP contribution < -0.4 is 10.1 Å². The van der Waals surface area contributed by atoms with Crippen molar-refractivity contribution in [2.75, 3.05) is 18.2 Å². The minimum atomic E-state index is -3.62. The number of carbonyl (C=O) groups excluding carboxylic acids is 1. The number of amides is 1. The van der Waals surface area contributed by atoms with Crippen molar-refractivity contribution in [1.29, 1.82) is 0 Å². The van der Waals surface area contributed by atoms with E-state index in [1.54, 1.807) is 0 Å². The highest BCUT2D eigenvalue weighted by Gasteiger charge is 2.18. The molecule has 0 aliphatic heterocycles. The van der Waals surface area contributed by atoms with Gasteiger partial charge in [0.1, 0.15) is 5.75 Å². The average molecular weight is 421 g/mol. The maximum Gasteiger partial charge on any atom is 0.270 e. The second-order valence-corrected chi connectivity index (χ2v) is 8.86. The second kappa shape index (κ2) is 7.90. The third-order valence-corrected chi connectivity index (χ3v) is 6.51. The Kier molecular flexibility index (Phi) is 5.56. The SMILES string of the molecule is COc1ccc(S(=O)(=O)CCC(=O)Nc2nc3ccc([N+](=O)[O-])cc3s2)cc1. The first-order valence-corrected chi connectivity index (χ1v) is 10.5. The van der Waals surface area contributed by atoms with E-state index in [0.29, 0.717) is 16.0 Å². The van der Waals surface area contributed by atoms with Crippen molar-refractivity contribution >= 4 is 48.1 Å². The van der Waals surface area contributed by atoms with Crippen LogP contribution in [0.3, 0.4) is 0 Å². The van der Waals surface area contributed by atoms with Crippen LogP contribution in [0.4, 0.5) is 10.8 Å². The van der Waals surface area contributed by atoms with Crippen LogP contribution in [-0.2, 0) is 14.6 Å². The van der Waals surface area contributed by atoms with Crippen molar-refractivity contribution < 1.29 is 22.9 Å². The number of sulfone groups is 1. The fraction of sp³-hybridized carbons (Fsp3) is 0.176. The lowest BCUT2D eigenvalue weighted by Crippen LogP contribution is -2.17. The number of fused-ring (bicyclic) bond motifs is 1. The molecule has 0 saturated heterocycles. The number of benzene rings is 2. The zero-order valence-corrected chi connectivity index (χ0v) is 16.2. The number of methoxy groups -OCH3 is 1. The molecular weight excluding hydrogens is 406 g/mol. The highest BCUT2D eigenvalue weighted by atomic mass is 32.2. The molecule has 0 atom stereocenters. The molecule has 0 aliphatic carbocycles. The predicted molar refractivity (Wildman–Crippen MR) is 105 cm³/mol. The summed E-state index contributed by atoms with van der Waals surface area (Å²) in [5, 5.41) is 13.6. The Bertz CT molecular complexity index is 1140. The molecule has 1 amide bonds. The van der Waals surface area contributed by atoms with Crippen molar-refractivity contribution in [3.63, 3.8) is 0 Å². The number of nitro benzene ring substituents is 1. The van der Waals surface area contributed by atoms with E-state index in [-0.39, 0.29) is 27.9 Å². The maximum atomic E-state index is 12.3. The summed E-state index contributed by atoms with van der Waals surface area (Å²) in [6.07, 6.45) is -0.246. The Morgan fingerprint density at radius 3 is 2.61 bits per heavy atom. The Balaban J connectivity index is 1.64. The summed E-state index contributed by atoms with van der Waals surface area (Å²) in [6, 6.07) is 10.1. The van der Waals surface area contributed by atoms with Crippen LogP contribution in [0, 0.1) is 10.1 Å². The molecule has 1 heterocycles. The van der Waals surface area contributed by atoms with Crippen molar-refractivity contribution in [2.45, 2.75) is 11.3 Å². The summed E-state index contributed by atoms with van der Waals surface area (Å²) in [6.45, 7) is 0. The smallest absolute Gasteiger partial charge is 0.270 e. The second-order valence-electron chi connectivity index (χ2n) is 5.72. The van der Waals surface area contributed by atoms with E-state index in [2.05, 4.69) is 10.3 Å². The van der Waals surface area contributed by atoms with Crippen LogP contribution >= 0.6 is 11.3 Å². The third kappa shape index (κ3) is 4.43. The summed E-state index contributed by atoms with van der Waals surface area (Å²) in [5.41, 5.74) is 0.441. The molecule has 3 rings (SSSR count). The molecule has 0 spiro atoms. The molecule has 1 N–H and O–H groups in total. The van der Waals surface area contributed by atoms with Crippen LogP contribution in [-0.4, -0.2) is 37.1 Å². The number of nitrogens with one attached hydrogen (secondary N) is 1. The number of aromatic nitrogens is 1. The molecule has 1 aromatic heterocycles. The number of thiazole rings is 1. The largest absolute Gasteiger partial charge is 0.497 e. The first-order valence-electron chi connectivity index (χ1n) is 8.00. The molecule has 28 heavy (non-hydrogen) atoms. The van der Waals surface area contributed by atoms with E-state index in [1.807, 2.05) is 0 Å². The van der Waals surface area contributed by atoms with Crippen molar-refractivity contribution in [1.82, 2.24) is 4.98 Å². The van der Waals surface area contributed by atoms with Crippen LogP contribution in [0.25, 0.3) is 10.2 Å². The summed E-state index contributed by atoms with van der Waals surface area (Å²) in [4.78, 5) is 26.7. The molecule has 0 aliphatic rings. The first kappa shape index (κ1) is 19.7. The minimum absolute atomic E-state index is 0.0698. The van der Waals surface area contributed by atoms with Crippen LogP contribution in [0.15, 0.2) is 47.4 Å². The lowest BCUT2D eigenvalue weighted by Gasteiger charge is -2.06. The highest BCUT2D eigenvalue weighted by molar-refractivity contribution is 7.91. The Morgan fingerprint density at radius 1 is 1.25 bits per heavy atom. The van der Waals surface area contributed by atoms with Crippen LogP contribution in [0.1, 0.15) is 6.42 Å². The molecule has 0 unspecified atom stereocenters. The molecule has 9 nitrogen and oxygen atoms in total.